The highest BCUT2D eigenvalue weighted by molar-refractivity contribution is 7.86. The van der Waals surface area contributed by atoms with Crippen LogP contribution in [0.4, 0.5) is 0 Å². The Bertz CT molecular complexity index is 189. The lowest BCUT2D eigenvalue weighted by Gasteiger charge is -2.16. The molecule has 0 aromatic carbocycles. The Labute approximate surface area is 77.2 Å². The molecule has 0 rings (SSSR count). The van der Waals surface area contributed by atoms with E-state index in [1.165, 1.54) is 0 Å². The Balaban J connectivity index is 4.12. The molecule has 12 heavy (non-hydrogen) atoms. The molecule has 0 aliphatic rings. The van der Waals surface area contributed by atoms with Gasteiger partial charge in [0.2, 0.25) is 0 Å². The van der Waals surface area contributed by atoms with Gasteiger partial charge in [0.25, 0.3) is 0 Å². The molecule has 3 heteroatoms. The van der Waals surface area contributed by atoms with Crippen LogP contribution in [0.1, 0.15) is 34.6 Å². The normalized spacial score (nSPS) is 14.8. The van der Waals surface area contributed by atoms with Crippen molar-refractivity contribution in [3.05, 3.63) is 0 Å². The van der Waals surface area contributed by atoms with Crippen LogP contribution in [0.3, 0.4) is 0 Å². The summed E-state index contributed by atoms with van der Waals surface area (Å²) in [5.41, 5.74) is -0.357. The maximum atomic E-state index is 11.4. The highest BCUT2D eigenvalue weighted by Crippen LogP contribution is 2.15. The number of hydrogen-bond donors (Lipinski definition) is 0. The molecule has 0 aromatic heterocycles. The van der Waals surface area contributed by atoms with Crippen LogP contribution >= 0.6 is 0 Å². The fourth-order valence-corrected chi connectivity index (χ4v) is 1.54. The Kier molecular flexibility index (Phi) is 4.11. The summed E-state index contributed by atoms with van der Waals surface area (Å²) in [6.07, 6.45) is 0. The van der Waals surface area contributed by atoms with Crippen molar-refractivity contribution in [3.63, 3.8) is 0 Å². The van der Waals surface area contributed by atoms with Crippen molar-refractivity contribution < 1.29 is 9.00 Å². The second kappa shape index (κ2) is 4.17. The third-order valence-electron chi connectivity index (χ3n) is 1.64. The molecule has 2 nitrogen and oxygen atoms in total. The number of rotatable bonds is 3. The molecule has 0 aliphatic heterocycles. The van der Waals surface area contributed by atoms with Gasteiger partial charge in [-0.1, -0.05) is 34.6 Å². The molecule has 0 radical (unpaired) electrons. The first-order chi connectivity index (χ1) is 5.25. The molecule has 0 aromatic rings. The van der Waals surface area contributed by atoms with Crippen molar-refractivity contribution in [1.82, 2.24) is 0 Å². The van der Waals surface area contributed by atoms with Crippen molar-refractivity contribution in [2.75, 3.05) is 5.75 Å². The van der Waals surface area contributed by atoms with Crippen molar-refractivity contribution >= 4 is 16.6 Å². The van der Waals surface area contributed by atoms with Crippen molar-refractivity contribution in [2.45, 2.75) is 39.9 Å². The summed E-state index contributed by atoms with van der Waals surface area (Å²) in [6.45, 7) is 9.30. The van der Waals surface area contributed by atoms with E-state index in [2.05, 4.69) is 0 Å². The van der Waals surface area contributed by atoms with Gasteiger partial charge < -0.3 is 0 Å². The van der Waals surface area contributed by atoms with Crippen molar-refractivity contribution in [2.24, 2.45) is 5.41 Å². The molecule has 0 saturated carbocycles. The number of ketones is 1. The quantitative estimate of drug-likeness (QED) is 0.679. The number of hydrogen-bond acceptors (Lipinski definition) is 2. The minimum atomic E-state index is -0.998. The minimum absolute atomic E-state index is 0.0783. The lowest BCUT2D eigenvalue weighted by Crippen LogP contribution is -2.28. The fourth-order valence-electron chi connectivity index (χ4n) is 0.512. The number of Topliss-reactive ketones (excluding diaryl/α,β-unsaturated/α-hetero) is 1. The van der Waals surface area contributed by atoms with Crippen LogP contribution in [-0.2, 0) is 15.6 Å². The third-order valence-corrected chi connectivity index (χ3v) is 3.23. The molecule has 0 bridgehead atoms. The van der Waals surface area contributed by atoms with Crippen molar-refractivity contribution in [3.8, 4) is 0 Å². The molecule has 0 heterocycles. The Morgan fingerprint density at radius 2 is 1.75 bits per heavy atom. The SMILES string of the molecule is CC(C)S(=O)CC(=O)C(C)(C)C. The van der Waals surface area contributed by atoms with Gasteiger partial charge in [-0.05, 0) is 0 Å². The first kappa shape index (κ1) is 11.8. The smallest absolute Gasteiger partial charge is 0.150 e. The average molecular weight is 190 g/mol. The molecule has 0 aliphatic carbocycles. The lowest BCUT2D eigenvalue weighted by molar-refractivity contribution is -0.123. The number of carbonyl (C=O) groups is 1. The van der Waals surface area contributed by atoms with Gasteiger partial charge in [0.05, 0.1) is 5.75 Å². The molecule has 0 fully saturated rings. The van der Waals surface area contributed by atoms with E-state index in [4.69, 9.17) is 0 Å². The molecule has 0 amide bonds. The lowest BCUT2D eigenvalue weighted by atomic mass is 9.92. The number of carbonyl (C=O) groups excluding carboxylic acids is 1. The molecular formula is C9H18O2S. The van der Waals surface area contributed by atoms with E-state index in [1.54, 1.807) is 0 Å². The zero-order chi connectivity index (χ0) is 9.94. The molecule has 0 N–H and O–H groups in total. The van der Waals surface area contributed by atoms with Crippen LogP contribution in [0, 0.1) is 5.41 Å². The summed E-state index contributed by atoms with van der Waals surface area (Å²) in [7, 11) is -0.998. The molecule has 0 saturated heterocycles. The average Bonchev–Trinajstić information content (AvgIpc) is 1.85. The minimum Gasteiger partial charge on any atom is -0.298 e. The zero-order valence-corrected chi connectivity index (χ0v) is 9.33. The van der Waals surface area contributed by atoms with Gasteiger partial charge in [-0.2, -0.15) is 0 Å². The van der Waals surface area contributed by atoms with Crippen LogP contribution in [0.5, 0.6) is 0 Å². The second-order valence-corrected chi connectivity index (χ2v) is 6.24. The van der Waals surface area contributed by atoms with Crippen molar-refractivity contribution in [1.29, 1.82) is 0 Å². The summed E-state index contributed by atoms with van der Waals surface area (Å²) in [5, 5.41) is 0.0799. The van der Waals surface area contributed by atoms with Crippen LogP contribution < -0.4 is 0 Å². The van der Waals surface area contributed by atoms with Crippen LogP contribution in [0.25, 0.3) is 0 Å². The maximum absolute atomic E-state index is 11.4. The Morgan fingerprint density at radius 3 is 2.00 bits per heavy atom. The monoisotopic (exact) mass is 190 g/mol. The third kappa shape index (κ3) is 4.00. The van der Waals surface area contributed by atoms with Gasteiger partial charge in [0, 0.05) is 21.5 Å². The first-order valence-electron chi connectivity index (χ1n) is 4.15. The topological polar surface area (TPSA) is 34.1 Å². The molecule has 72 valence electrons. The van der Waals surface area contributed by atoms with Crippen LogP contribution in [0.15, 0.2) is 0 Å². The zero-order valence-electron chi connectivity index (χ0n) is 8.51. The summed E-state index contributed by atoms with van der Waals surface area (Å²) in [6, 6.07) is 0. The molecule has 1 unspecified atom stereocenters. The van der Waals surface area contributed by atoms with Gasteiger partial charge >= 0.3 is 0 Å². The summed E-state index contributed by atoms with van der Waals surface area (Å²) in [5.74, 6) is 0.274. The Hall–Kier alpha value is -0.180. The molecular weight excluding hydrogens is 172 g/mol. The standard InChI is InChI=1S/C9H18O2S/c1-7(2)12(11)6-8(10)9(3,4)5/h7H,6H2,1-5H3. The molecule has 1 atom stereocenters. The van der Waals surface area contributed by atoms with Gasteiger partial charge in [0.15, 0.2) is 5.78 Å². The van der Waals surface area contributed by atoms with E-state index in [1.807, 2.05) is 34.6 Å². The van der Waals surface area contributed by atoms with Gasteiger partial charge in [-0.3, -0.25) is 9.00 Å². The summed E-state index contributed by atoms with van der Waals surface area (Å²) in [4.78, 5) is 11.4. The van der Waals surface area contributed by atoms with E-state index in [9.17, 15) is 9.00 Å². The van der Waals surface area contributed by atoms with E-state index in [-0.39, 0.29) is 22.2 Å². The Morgan fingerprint density at radius 1 is 1.33 bits per heavy atom. The predicted molar refractivity (Wildman–Crippen MR) is 52.6 cm³/mol. The van der Waals surface area contributed by atoms with E-state index in [0.29, 0.717) is 0 Å². The summed E-state index contributed by atoms with van der Waals surface area (Å²) < 4.78 is 11.3. The first-order valence-corrected chi connectivity index (χ1v) is 5.54. The second-order valence-electron chi connectivity index (χ2n) is 4.25. The summed E-state index contributed by atoms with van der Waals surface area (Å²) >= 11 is 0. The largest absolute Gasteiger partial charge is 0.298 e. The van der Waals surface area contributed by atoms with Gasteiger partial charge in [-0.15, -0.1) is 0 Å². The van der Waals surface area contributed by atoms with Gasteiger partial charge in [-0.25, -0.2) is 0 Å². The predicted octanol–water partition coefficient (Wildman–Crippen LogP) is 1.76. The van der Waals surface area contributed by atoms with Gasteiger partial charge in [0.1, 0.15) is 0 Å². The van der Waals surface area contributed by atoms with Crippen LogP contribution in [0.2, 0.25) is 0 Å². The van der Waals surface area contributed by atoms with E-state index >= 15 is 0 Å². The molecule has 0 spiro atoms. The van der Waals surface area contributed by atoms with Crippen LogP contribution in [-0.4, -0.2) is 21.0 Å². The van der Waals surface area contributed by atoms with E-state index < -0.39 is 10.8 Å². The van der Waals surface area contributed by atoms with E-state index in [0.717, 1.165) is 0 Å². The highest BCUT2D eigenvalue weighted by atomic mass is 32.2. The maximum Gasteiger partial charge on any atom is 0.150 e. The highest BCUT2D eigenvalue weighted by Gasteiger charge is 2.23. The fraction of sp³-hybridized carbons (Fsp3) is 0.889.